The van der Waals surface area contributed by atoms with Gasteiger partial charge in [0.25, 0.3) is 5.91 Å². The quantitative estimate of drug-likeness (QED) is 0.498. The van der Waals surface area contributed by atoms with Gasteiger partial charge in [0, 0.05) is 50.6 Å². The summed E-state index contributed by atoms with van der Waals surface area (Å²) in [6.45, 7) is 5.06. The molecule has 200 valence electrons. The number of anilines is 2. The van der Waals surface area contributed by atoms with Gasteiger partial charge in [-0.15, -0.1) is 0 Å². The largest absolute Gasteiger partial charge is 0.371 e. The van der Waals surface area contributed by atoms with Gasteiger partial charge in [-0.2, -0.15) is 0 Å². The Labute approximate surface area is 226 Å². The van der Waals surface area contributed by atoms with Crippen LogP contribution >= 0.6 is 11.6 Å². The van der Waals surface area contributed by atoms with Gasteiger partial charge in [0.2, 0.25) is 0 Å². The number of para-hydroxylation sites is 1. The molecule has 2 aromatic rings. The molecule has 0 atom stereocenters. The van der Waals surface area contributed by atoms with E-state index in [2.05, 4.69) is 15.5 Å². The van der Waals surface area contributed by atoms with E-state index in [1.54, 1.807) is 0 Å². The number of halogens is 1. The van der Waals surface area contributed by atoms with E-state index in [0.717, 1.165) is 62.9 Å². The van der Waals surface area contributed by atoms with E-state index in [0.29, 0.717) is 23.0 Å². The van der Waals surface area contributed by atoms with Crippen molar-refractivity contribution in [1.29, 1.82) is 0 Å². The van der Waals surface area contributed by atoms with Gasteiger partial charge in [-0.3, -0.25) is 4.79 Å². The summed E-state index contributed by atoms with van der Waals surface area (Å²) in [5, 5.41) is 6.44. The zero-order valence-corrected chi connectivity index (χ0v) is 22.8. The summed E-state index contributed by atoms with van der Waals surface area (Å²) in [6, 6.07) is 15.5. The van der Waals surface area contributed by atoms with Gasteiger partial charge in [0.05, 0.1) is 10.6 Å². The van der Waals surface area contributed by atoms with Crippen LogP contribution in [0, 0.1) is 11.8 Å². The molecule has 2 fully saturated rings. The van der Waals surface area contributed by atoms with Gasteiger partial charge in [-0.05, 0) is 88.4 Å². The lowest BCUT2D eigenvalue weighted by Crippen LogP contribution is -2.41. The minimum Gasteiger partial charge on any atom is -0.371 e. The molecule has 2 aliphatic heterocycles. The molecular weight excluding hydrogens is 486 g/mol. The maximum atomic E-state index is 12.6. The van der Waals surface area contributed by atoms with Crippen LogP contribution in [0.5, 0.6) is 0 Å². The summed E-state index contributed by atoms with van der Waals surface area (Å²) in [6.07, 6.45) is 5.74. The molecule has 7 nitrogen and oxygen atoms in total. The van der Waals surface area contributed by atoms with E-state index in [-0.39, 0.29) is 11.9 Å². The lowest BCUT2D eigenvalue weighted by Gasteiger charge is -2.37. The fourth-order valence-electron chi connectivity index (χ4n) is 5.37. The molecule has 2 saturated heterocycles. The summed E-state index contributed by atoms with van der Waals surface area (Å²) in [4.78, 5) is 31.4. The number of hydrogen-bond donors (Lipinski definition) is 2. The zero-order chi connectivity index (χ0) is 26.2. The Morgan fingerprint density at radius 1 is 0.946 bits per heavy atom. The summed E-state index contributed by atoms with van der Waals surface area (Å²) < 4.78 is 0. The lowest BCUT2D eigenvalue weighted by atomic mass is 9.83. The molecule has 0 bridgehead atoms. The van der Waals surface area contributed by atoms with Gasteiger partial charge < -0.3 is 25.3 Å². The number of likely N-dealkylation sites (tertiary alicyclic amines) is 1. The van der Waals surface area contributed by atoms with Crippen LogP contribution in [0.1, 0.15) is 42.5 Å². The number of benzene rings is 2. The Morgan fingerprint density at radius 2 is 1.59 bits per heavy atom. The van der Waals surface area contributed by atoms with Crippen molar-refractivity contribution in [1.82, 2.24) is 15.1 Å². The third kappa shape index (κ3) is 7.86. The minimum absolute atomic E-state index is 0.00804. The number of nitrogens with one attached hydrogen (secondary N) is 2. The number of nitrogens with zero attached hydrogens (tertiary/aromatic N) is 3. The van der Waals surface area contributed by atoms with Crippen molar-refractivity contribution in [2.24, 2.45) is 11.8 Å². The molecule has 0 aliphatic carbocycles. The number of carbonyl (C=O) groups excluding carboxylic acids is 2. The Kier molecular flexibility index (Phi) is 9.69. The van der Waals surface area contributed by atoms with Crippen molar-refractivity contribution in [2.45, 2.75) is 32.1 Å². The highest BCUT2D eigenvalue weighted by Crippen LogP contribution is 2.33. The number of amides is 3. The SMILES string of the molecule is CN(C)CCNC(=O)c1ccc(N2CCC(CC3CCN(C(=O)Nc4ccccc4)CC3)CC2)cc1Cl. The summed E-state index contributed by atoms with van der Waals surface area (Å²) in [5.74, 6) is 1.29. The molecule has 0 unspecified atom stereocenters. The van der Waals surface area contributed by atoms with Gasteiger partial charge in [-0.25, -0.2) is 4.79 Å². The average molecular weight is 526 g/mol. The van der Waals surface area contributed by atoms with E-state index in [9.17, 15) is 9.59 Å². The van der Waals surface area contributed by atoms with Crippen molar-refractivity contribution in [3.8, 4) is 0 Å². The highest BCUT2D eigenvalue weighted by atomic mass is 35.5. The Bertz CT molecular complexity index is 1030. The molecule has 2 N–H and O–H groups in total. The summed E-state index contributed by atoms with van der Waals surface area (Å²) in [5.41, 5.74) is 2.47. The number of piperidine rings is 2. The van der Waals surface area contributed by atoms with Crippen LogP contribution in [0.25, 0.3) is 0 Å². The molecule has 2 aromatic carbocycles. The molecule has 37 heavy (non-hydrogen) atoms. The van der Waals surface area contributed by atoms with Crippen LogP contribution < -0.4 is 15.5 Å². The van der Waals surface area contributed by atoms with Gasteiger partial charge >= 0.3 is 6.03 Å². The normalized spacial score (nSPS) is 17.2. The van der Waals surface area contributed by atoms with Gasteiger partial charge in [-0.1, -0.05) is 29.8 Å². The first kappa shape index (κ1) is 27.3. The second-order valence-corrected chi connectivity index (χ2v) is 11.0. The van der Waals surface area contributed by atoms with Crippen LogP contribution in [0.3, 0.4) is 0 Å². The van der Waals surface area contributed by atoms with E-state index in [1.807, 2.05) is 72.4 Å². The topological polar surface area (TPSA) is 67.9 Å². The highest BCUT2D eigenvalue weighted by molar-refractivity contribution is 6.34. The second kappa shape index (κ2) is 13.2. The molecule has 0 spiro atoms. The standard InChI is InChI=1S/C29H40ClN5O2/c1-33(2)19-14-31-28(36)26-9-8-25(21-27(26)30)34-15-10-22(11-16-34)20-23-12-17-35(18-13-23)29(37)32-24-6-4-3-5-7-24/h3-9,21-23H,10-20H2,1-2H3,(H,31,36)(H,32,37). The fourth-order valence-corrected chi connectivity index (χ4v) is 5.63. The van der Waals surface area contributed by atoms with Crippen LogP contribution in [0.4, 0.5) is 16.2 Å². The van der Waals surface area contributed by atoms with E-state index >= 15 is 0 Å². The first-order valence-electron chi connectivity index (χ1n) is 13.5. The second-order valence-electron chi connectivity index (χ2n) is 10.6. The van der Waals surface area contributed by atoms with E-state index < -0.39 is 0 Å². The number of rotatable bonds is 8. The van der Waals surface area contributed by atoms with Gasteiger partial charge in [0.1, 0.15) is 0 Å². The van der Waals surface area contributed by atoms with E-state index in [4.69, 9.17) is 11.6 Å². The molecule has 0 radical (unpaired) electrons. The van der Waals surface area contributed by atoms with Gasteiger partial charge in [0.15, 0.2) is 0 Å². The summed E-state index contributed by atoms with van der Waals surface area (Å²) >= 11 is 6.49. The predicted octanol–water partition coefficient (Wildman–Crippen LogP) is 5.18. The molecule has 0 saturated carbocycles. The van der Waals surface area contributed by atoms with Crippen LogP contribution in [0.15, 0.2) is 48.5 Å². The first-order valence-corrected chi connectivity index (χ1v) is 13.8. The van der Waals surface area contributed by atoms with Crippen molar-refractivity contribution >= 4 is 34.9 Å². The maximum absolute atomic E-state index is 12.6. The number of carbonyl (C=O) groups is 2. The van der Waals surface area contributed by atoms with Crippen molar-refractivity contribution in [3.63, 3.8) is 0 Å². The molecule has 8 heteroatoms. The highest BCUT2D eigenvalue weighted by Gasteiger charge is 2.27. The smallest absolute Gasteiger partial charge is 0.321 e. The molecule has 0 aromatic heterocycles. The molecule has 4 rings (SSSR count). The van der Waals surface area contributed by atoms with Crippen molar-refractivity contribution in [3.05, 3.63) is 59.1 Å². The van der Waals surface area contributed by atoms with Crippen LogP contribution in [-0.2, 0) is 0 Å². The molecule has 2 heterocycles. The monoisotopic (exact) mass is 525 g/mol. The third-order valence-corrected chi connectivity index (χ3v) is 7.93. The lowest BCUT2D eigenvalue weighted by molar-refractivity contribution is 0.0951. The Morgan fingerprint density at radius 3 is 2.22 bits per heavy atom. The first-order chi connectivity index (χ1) is 17.9. The van der Waals surface area contributed by atoms with E-state index in [1.165, 1.54) is 19.3 Å². The number of likely N-dealkylation sites (N-methyl/N-ethyl adjacent to an activating group) is 1. The molecular formula is C29H40ClN5O2. The zero-order valence-electron chi connectivity index (χ0n) is 22.1. The third-order valence-electron chi connectivity index (χ3n) is 7.62. The maximum Gasteiger partial charge on any atom is 0.321 e. The Hall–Kier alpha value is -2.77. The van der Waals surface area contributed by atoms with Crippen molar-refractivity contribution < 1.29 is 9.59 Å². The van der Waals surface area contributed by atoms with Crippen molar-refractivity contribution in [2.75, 3.05) is 63.6 Å². The molecule has 2 aliphatic rings. The minimum atomic E-state index is -0.124. The Balaban J connectivity index is 1.19. The average Bonchev–Trinajstić information content (AvgIpc) is 2.90. The number of hydrogen-bond acceptors (Lipinski definition) is 4. The van der Waals surface area contributed by atoms with Crippen LogP contribution in [-0.4, -0.2) is 75.1 Å². The van der Waals surface area contributed by atoms with Crippen LogP contribution in [0.2, 0.25) is 5.02 Å². The summed E-state index contributed by atoms with van der Waals surface area (Å²) in [7, 11) is 3.96. The molecule has 3 amide bonds. The fraction of sp³-hybridized carbons (Fsp3) is 0.517. The predicted molar refractivity (Wildman–Crippen MR) is 152 cm³/mol. The number of urea groups is 1.